The number of amides is 1. The van der Waals surface area contributed by atoms with Crippen LogP contribution in [0.15, 0.2) is 47.0 Å². The van der Waals surface area contributed by atoms with Gasteiger partial charge >= 0.3 is 0 Å². The van der Waals surface area contributed by atoms with Gasteiger partial charge in [0.1, 0.15) is 12.1 Å². The monoisotopic (exact) mass is 413 g/mol. The minimum Gasteiger partial charge on any atom is -0.317 e. The molecule has 0 bridgehead atoms. The quantitative estimate of drug-likeness (QED) is 0.555. The Hall–Kier alpha value is -2.97. The molecule has 1 aromatic carbocycles. The highest BCUT2D eigenvalue weighted by Gasteiger charge is 2.13. The maximum atomic E-state index is 12.4. The first kappa shape index (κ1) is 18.4. The predicted molar refractivity (Wildman–Crippen MR) is 111 cm³/mol. The van der Waals surface area contributed by atoms with Gasteiger partial charge in [0.15, 0.2) is 5.13 Å². The number of carbonyl (C=O) groups excluding carboxylic acids is 1. The first-order chi connectivity index (χ1) is 13.4. The summed E-state index contributed by atoms with van der Waals surface area (Å²) in [6.45, 7) is 1.91. The minimum atomic E-state index is -0.284. The van der Waals surface area contributed by atoms with Crippen molar-refractivity contribution in [3.63, 3.8) is 0 Å². The Bertz CT molecular complexity index is 1260. The van der Waals surface area contributed by atoms with E-state index in [1.54, 1.807) is 23.9 Å². The summed E-state index contributed by atoms with van der Waals surface area (Å²) < 4.78 is 3.00. The Morgan fingerprint density at radius 2 is 2.14 bits per heavy atom. The standard InChI is InChI=1S/C19H16ClN5O2S/c1-11-3-4-12(7-13(11)20)15-9-28-19(22-15)23-16(26)8-25-10-21-14-5-6-24(2)18(27)17(14)25/h3-7,9-10H,8H2,1-2H3,(H,22,23,26). The van der Waals surface area contributed by atoms with E-state index in [1.807, 2.05) is 30.5 Å². The number of nitrogens with zero attached hydrogens (tertiary/aromatic N) is 4. The molecule has 0 saturated heterocycles. The number of anilines is 1. The van der Waals surface area contributed by atoms with Crippen LogP contribution in [0.5, 0.6) is 0 Å². The molecule has 0 saturated carbocycles. The zero-order chi connectivity index (χ0) is 19.8. The van der Waals surface area contributed by atoms with Crippen molar-refractivity contribution in [2.45, 2.75) is 13.5 Å². The Morgan fingerprint density at radius 1 is 1.32 bits per heavy atom. The smallest absolute Gasteiger partial charge is 0.276 e. The van der Waals surface area contributed by atoms with Crippen LogP contribution in [0.3, 0.4) is 0 Å². The summed E-state index contributed by atoms with van der Waals surface area (Å²) in [5.41, 5.74) is 3.38. The lowest BCUT2D eigenvalue weighted by Crippen LogP contribution is -2.22. The molecule has 0 radical (unpaired) electrons. The van der Waals surface area contributed by atoms with Gasteiger partial charge in [0.2, 0.25) is 5.91 Å². The van der Waals surface area contributed by atoms with Gasteiger partial charge in [-0.15, -0.1) is 11.3 Å². The molecule has 4 rings (SSSR count). The zero-order valence-electron chi connectivity index (χ0n) is 15.1. The maximum Gasteiger partial charge on any atom is 0.276 e. The summed E-state index contributed by atoms with van der Waals surface area (Å²) in [6.07, 6.45) is 3.14. The number of fused-ring (bicyclic) bond motifs is 1. The van der Waals surface area contributed by atoms with E-state index in [0.717, 1.165) is 16.8 Å². The molecule has 0 atom stereocenters. The van der Waals surface area contributed by atoms with Crippen LogP contribution in [0.1, 0.15) is 5.56 Å². The number of thiazole rings is 1. The van der Waals surface area contributed by atoms with E-state index in [-0.39, 0.29) is 18.0 Å². The minimum absolute atomic E-state index is 0.0268. The summed E-state index contributed by atoms with van der Waals surface area (Å²) in [5, 5.41) is 5.78. The topological polar surface area (TPSA) is 81.8 Å². The number of rotatable bonds is 4. The normalized spacial score (nSPS) is 11.1. The number of aromatic nitrogens is 4. The molecule has 3 aromatic heterocycles. The molecule has 0 aliphatic rings. The fourth-order valence-corrected chi connectivity index (χ4v) is 3.74. The molecule has 0 aliphatic carbocycles. The lowest BCUT2D eigenvalue weighted by atomic mass is 10.1. The molecule has 1 N–H and O–H groups in total. The molecule has 0 spiro atoms. The van der Waals surface area contributed by atoms with Crippen LogP contribution in [0, 0.1) is 6.92 Å². The molecule has 4 aromatic rings. The van der Waals surface area contributed by atoms with Gasteiger partial charge in [-0.3, -0.25) is 9.59 Å². The number of imidazole rings is 1. The summed E-state index contributed by atoms with van der Waals surface area (Å²) >= 11 is 7.50. The van der Waals surface area contributed by atoms with E-state index in [0.29, 0.717) is 21.2 Å². The van der Waals surface area contributed by atoms with Crippen molar-refractivity contribution in [3.05, 3.63) is 63.1 Å². The van der Waals surface area contributed by atoms with Gasteiger partial charge in [-0.1, -0.05) is 23.7 Å². The van der Waals surface area contributed by atoms with Crippen LogP contribution in [-0.4, -0.2) is 25.0 Å². The number of hydrogen-bond acceptors (Lipinski definition) is 5. The molecule has 7 nitrogen and oxygen atoms in total. The summed E-state index contributed by atoms with van der Waals surface area (Å²) in [4.78, 5) is 33.4. The average molecular weight is 414 g/mol. The highest BCUT2D eigenvalue weighted by Crippen LogP contribution is 2.28. The highest BCUT2D eigenvalue weighted by atomic mass is 35.5. The zero-order valence-corrected chi connectivity index (χ0v) is 16.7. The first-order valence-corrected chi connectivity index (χ1v) is 9.70. The molecule has 3 heterocycles. The van der Waals surface area contributed by atoms with Crippen LogP contribution >= 0.6 is 22.9 Å². The Kier molecular flexibility index (Phi) is 4.74. The largest absolute Gasteiger partial charge is 0.317 e. The highest BCUT2D eigenvalue weighted by molar-refractivity contribution is 7.14. The number of pyridine rings is 1. The van der Waals surface area contributed by atoms with Crippen molar-refractivity contribution in [1.29, 1.82) is 0 Å². The van der Waals surface area contributed by atoms with Crippen molar-refractivity contribution < 1.29 is 4.79 Å². The van der Waals surface area contributed by atoms with Crippen molar-refractivity contribution in [3.8, 4) is 11.3 Å². The summed E-state index contributed by atoms with van der Waals surface area (Å²) in [6, 6.07) is 7.46. The van der Waals surface area contributed by atoms with Crippen molar-refractivity contribution in [1.82, 2.24) is 19.1 Å². The van der Waals surface area contributed by atoms with Crippen LogP contribution in [0.4, 0.5) is 5.13 Å². The molecule has 0 fully saturated rings. The Morgan fingerprint density at radius 3 is 2.93 bits per heavy atom. The van der Waals surface area contributed by atoms with Crippen molar-refractivity contribution >= 4 is 45.0 Å². The molecule has 0 aliphatic heterocycles. The molecule has 1 amide bonds. The van der Waals surface area contributed by atoms with E-state index < -0.39 is 0 Å². The van der Waals surface area contributed by atoms with E-state index >= 15 is 0 Å². The second-order valence-corrected chi connectivity index (χ2v) is 7.65. The van der Waals surface area contributed by atoms with Gasteiger partial charge in [-0.25, -0.2) is 9.97 Å². The summed E-state index contributed by atoms with van der Waals surface area (Å²) in [7, 11) is 1.66. The lowest BCUT2D eigenvalue weighted by molar-refractivity contribution is -0.116. The molecular weight excluding hydrogens is 398 g/mol. The van der Waals surface area contributed by atoms with Gasteiger partial charge in [-0.2, -0.15) is 0 Å². The second-order valence-electron chi connectivity index (χ2n) is 6.39. The second kappa shape index (κ2) is 7.21. The average Bonchev–Trinajstić information content (AvgIpc) is 3.28. The van der Waals surface area contributed by atoms with Gasteiger partial charge in [0.05, 0.1) is 17.5 Å². The fourth-order valence-electron chi connectivity index (χ4n) is 2.82. The van der Waals surface area contributed by atoms with E-state index in [4.69, 9.17) is 11.6 Å². The summed E-state index contributed by atoms with van der Waals surface area (Å²) in [5.74, 6) is -0.284. The van der Waals surface area contributed by atoms with Crippen molar-refractivity contribution in [2.24, 2.45) is 7.05 Å². The first-order valence-electron chi connectivity index (χ1n) is 8.45. The molecular formula is C19H16ClN5O2S. The number of halogens is 1. The molecule has 142 valence electrons. The van der Waals surface area contributed by atoms with E-state index in [2.05, 4.69) is 15.3 Å². The third kappa shape index (κ3) is 3.44. The Balaban J connectivity index is 1.52. The number of benzene rings is 1. The molecule has 9 heteroatoms. The third-order valence-electron chi connectivity index (χ3n) is 4.38. The van der Waals surface area contributed by atoms with Crippen LogP contribution in [0.25, 0.3) is 22.3 Å². The lowest BCUT2D eigenvalue weighted by Gasteiger charge is -2.05. The predicted octanol–water partition coefficient (Wildman–Crippen LogP) is 3.46. The molecule has 0 unspecified atom stereocenters. The van der Waals surface area contributed by atoms with Crippen LogP contribution in [0.2, 0.25) is 5.02 Å². The van der Waals surface area contributed by atoms with Gasteiger partial charge < -0.3 is 14.5 Å². The van der Waals surface area contributed by atoms with Gasteiger partial charge in [-0.05, 0) is 24.6 Å². The number of carbonyl (C=O) groups is 1. The van der Waals surface area contributed by atoms with Gasteiger partial charge in [0.25, 0.3) is 5.56 Å². The number of aryl methyl sites for hydroxylation is 2. The Labute approximate surface area is 169 Å². The van der Waals surface area contributed by atoms with E-state index in [1.165, 1.54) is 22.2 Å². The maximum absolute atomic E-state index is 12.4. The van der Waals surface area contributed by atoms with Crippen LogP contribution in [-0.2, 0) is 18.4 Å². The third-order valence-corrected chi connectivity index (χ3v) is 5.54. The SMILES string of the molecule is Cc1ccc(-c2csc(NC(=O)Cn3cnc4ccn(C)c(=O)c43)n2)cc1Cl. The van der Waals surface area contributed by atoms with E-state index in [9.17, 15) is 9.59 Å². The van der Waals surface area contributed by atoms with Crippen LogP contribution < -0.4 is 10.9 Å². The molecule has 28 heavy (non-hydrogen) atoms. The van der Waals surface area contributed by atoms with Crippen molar-refractivity contribution in [2.75, 3.05) is 5.32 Å². The van der Waals surface area contributed by atoms with Gasteiger partial charge in [0, 0.05) is 29.2 Å². The fraction of sp³-hybridized carbons (Fsp3) is 0.158. The number of hydrogen-bond donors (Lipinski definition) is 1. The number of nitrogens with one attached hydrogen (secondary N) is 1.